The maximum Gasteiger partial charge on any atom is 0.0665 e. The van der Waals surface area contributed by atoms with Gasteiger partial charge in [-0.3, -0.25) is 0 Å². The summed E-state index contributed by atoms with van der Waals surface area (Å²) in [7, 11) is 0. The molecule has 2 heterocycles. The second-order valence-electron chi connectivity index (χ2n) is 2.54. The zero-order chi connectivity index (χ0) is 7.84. The molecular formula is C8H8N2S. The molecule has 0 aliphatic rings. The summed E-state index contributed by atoms with van der Waals surface area (Å²) < 4.78 is 1.83. The lowest BCUT2D eigenvalue weighted by molar-refractivity contribution is 0.917. The van der Waals surface area contributed by atoms with E-state index in [4.69, 9.17) is 0 Å². The molecule has 0 radical (unpaired) electrons. The van der Waals surface area contributed by atoms with Crippen LogP contribution in [0.2, 0.25) is 0 Å². The van der Waals surface area contributed by atoms with Gasteiger partial charge in [0.15, 0.2) is 0 Å². The maximum atomic E-state index is 4.24. The van der Waals surface area contributed by atoms with Crippen molar-refractivity contribution in [1.29, 1.82) is 0 Å². The van der Waals surface area contributed by atoms with Gasteiger partial charge in [-0.05, 0) is 25.1 Å². The molecule has 56 valence electrons. The van der Waals surface area contributed by atoms with E-state index >= 15 is 0 Å². The predicted molar refractivity (Wildman–Crippen MR) is 47.2 cm³/mol. The largest absolute Gasteiger partial charge is 0.240 e. The van der Waals surface area contributed by atoms with E-state index in [9.17, 15) is 0 Å². The monoisotopic (exact) mass is 164 g/mol. The Labute approximate surface area is 70.3 Å². The van der Waals surface area contributed by atoms with E-state index in [1.165, 1.54) is 0 Å². The number of rotatable bonds is 0. The minimum Gasteiger partial charge on any atom is -0.240 e. The molecule has 2 aromatic heterocycles. The van der Waals surface area contributed by atoms with Crippen LogP contribution in [-0.2, 0) is 0 Å². The van der Waals surface area contributed by atoms with Crippen LogP contribution in [0.1, 0.15) is 5.69 Å². The number of aromatic nitrogens is 2. The molecule has 0 bridgehead atoms. The smallest absolute Gasteiger partial charge is 0.0665 e. The summed E-state index contributed by atoms with van der Waals surface area (Å²) >= 11 is 4.21. The molecule has 0 aromatic carbocycles. The summed E-state index contributed by atoms with van der Waals surface area (Å²) in [5.41, 5.74) is 2.14. The molecular weight excluding hydrogens is 156 g/mol. The van der Waals surface area contributed by atoms with Gasteiger partial charge in [0.1, 0.15) is 0 Å². The van der Waals surface area contributed by atoms with Gasteiger partial charge in [0.05, 0.1) is 11.2 Å². The normalized spacial score (nSPS) is 10.7. The van der Waals surface area contributed by atoms with Crippen molar-refractivity contribution in [2.45, 2.75) is 11.8 Å². The highest BCUT2D eigenvalue weighted by molar-refractivity contribution is 7.80. The first-order valence-electron chi connectivity index (χ1n) is 3.41. The fourth-order valence-electron chi connectivity index (χ4n) is 1.10. The van der Waals surface area contributed by atoms with E-state index in [1.807, 2.05) is 35.8 Å². The SMILES string of the molecule is Cc1cc2ccc(S)cn2n1. The van der Waals surface area contributed by atoms with Crippen molar-refractivity contribution in [3.63, 3.8) is 0 Å². The average molecular weight is 164 g/mol. The second-order valence-corrected chi connectivity index (χ2v) is 3.06. The predicted octanol–water partition coefficient (Wildman–Crippen LogP) is 1.93. The Hall–Kier alpha value is -0.960. The topological polar surface area (TPSA) is 17.3 Å². The number of hydrogen-bond donors (Lipinski definition) is 1. The van der Waals surface area contributed by atoms with Crippen LogP contribution < -0.4 is 0 Å². The Morgan fingerprint density at radius 3 is 3.09 bits per heavy atom. The van der Waals surface area contributed by atoms with Gasteiger partial charge in [0, 0.05) is 11.1 Å². The third-order valence-corrected chi connectivity index (χ3v) is 1.83. The van der Waals surface area contributed by atoms with Crippen molar-refractivity contribution in [3.05, 3.63) is 30.1 Å². The molecule has 0 atom stereocenters. The summed E-state index contributed by atoms with van der Waals surface area (Å²) in [6.45, 7) is 1.98. The van der Waals surface area contributed by atoms with Crippen LogP contribution in [0.3, 0.4) is 0 Å². The van der Waals surface area contributed by atoms with Gasteiger partial charge in [-0.15, -0.1) is 12.6 Å². The minimum atomic E-state index is 0.931. The van der Waals surface area contributed by atoms with Gasteiger partial charge in [-0.25, -0.2) is 4.52 Å². The number of pyridine rings is 1. The molecule has 2 aromatic rings. The molecule has 0 amide bonds. The van der Waals surface area contributed by atoms with Gasteiger partial charge in [-0.2, -0.15) is 5.10 Å². The number of thiol groups is 1. The zero-order valence-corrected chi connectivity index (χ0v) is 7.05. The van der Waals surface area contributed by atoms with E-state index < -0.39 is 0 Å². The van der Waals surface area contributed by atoms with E-state index in [1.54, 1.807) is 0 Å². The first-order valence-corrected chi connectivity index (χ1v) is 3.85. The van der Waals surface area contributed by atoms with Crippen molar-refractivity contribution >= 4 is 18.1 Å². The van der Waals surface area contributed by atoms with E-state index in [2.05, 4.69) is 17.7 Å². The first kappa shape index (κ1) is 6.73. The van der Waals surface area contributed by atoms with Gasteiger partial charge in [0.2, 0.25) is 0 Å². The number of nitrogens with zero attached hydrogens (tertiary/aromatic N) is 2. The molecule has 2 rings (SSSR count). The summed E-state index contributed by atoms with van der Waals surface area (Å²) in [6.07, 6.45) is 1.89. The molecule has 0 spiro atoms. The van der Waals surface area contributed by atoms with Crippen molar-refractivity contribution < 1.29 is 0 Å². The van der Waals surface area contributed by atoms with Crippen LogP contribution in [0.5, 0.6) is 0 Å². The lowest BCUT2D eigenvalue weighted by Crippen LogP contribution is -1.85. The summed E-state index contributed by atoms with van der Waals surface area (Å²) in [6, 6.07) is 6.00. The third kappa shape index (κ3) is 1.12. The highest BCUT2D eigenvalue weighted by atomic mass is 32.1. The molecule has 3 heteroatoms. The molecule has 0 saturated heterocycles. The highest BCUT2D eigenvalue weighted by Crippen LogP contribution is 2.09. The van der Waals surface area contributed by atoms with Crippen LogP contribution in [0.25, 0.3) is 5.52 Å². The van der Waals surface area contributed by atoms with Gasteiger partial charge < -0.3 is 0 Å². The summed E-state index contributed by atoms with van der Waals surface area (Å²) in [5, 5.41) is 4.24. The van der Waals surface area contributed by atoms with Gasteiger partial charge >= 0.3 is 0 Å². The molecule has 0 aliphatic carbocycles. The lowest BCUT2D eigenvalue weighted by Gasteiger charge is -1.92. The summed E-state index contributed by atoms with van der Waals surface area (Å²) in [4.78, 5) is 0.931. The molecule has 0 saturated carbocycles. The van der Waals surface area contributed by atoms with Crippen molar-refractivity contribution in [2.75, 3.05) is 0 Å². The highest BCUT2D eigenvalue weighted by Gasteiger charge is 1.95. The van der Waals surface area contributed by atoms with Crippen LogP contribution in [0.4, 0.5) is 0 Å². The average Bonchev–Trinajstić information content (AvgIpc) is 2.27. The Balaban J connectivity index is 2.82. The van der Waals surface area contributed by atoms with Crippen molar-refractivity contribution in [1.82, 2.24) is 9.61 Å². The van der Waals surface area contributed by atoms with E-state index in [0.29, 0.717) is 0 Å². The van der Waals surface area contributed by atoms with E-state index in [0.717, 1.165) is 16.1 Å². The van der Waals surface area contributed by atoms with Crippen LogP contribution in [0.15, 0.2) is 29.3 Å². The fourth-order valence-corrected chi connectivity index (χ4v) is 1.29. The Bertz CT molecular complexity index is 392. The molecule has 0 unspecified atom stereocenters. The number of hydrogen-bond acceptors (Lipinski definition) is 2. The standard InChI is InChI=1S/C8H8N2S/c1-6-4-7-2-3-8(11)5-10(7)9-6/h2-5,11H,1H3. The van der Waals surface area contributed by atoms with Crippen LogP contribution >= 0.6 is 12.6 Å². The fraction of sp³-hybridized carbons (Fsp3) is 0.125. The second kappa shape index (κ2) is 2.27. The summed E-state index contributed by atoms with van der Waals surface area (Å²) in [5.74, 6) is 0. The number of aryl methyl sites for hydroxylation is 1. The molecule has 0 N–H and O–H groups in total. The van der Waals surface area contributed by atoms with Gasteiger partial charge in [-0.1, -0.05) is 0 Å². The van der Waals surface area contributed by atoms with Crippen LogP contribution in [-0.4, -0.2) is 9.61 Å². The van der Waals surface area contributed by atoms with E-state index in [-0.39, 0.29) is 0 Å². The van der Waals surface area contributed by atoms with Crippen molar-refractivity contribution in [2.24, 2.45) is 0 Å². The Morgan fingerprint density at radius 1 is 1.45 bits per heavy atom. The van der Waals surface area contributed by atoms with Crippen molar-refractivity contribution in [3.8, 4) is 0 Å². The maximum absolute atomic E-state index is 4.24. The molecule has 2 nitrogen and oxygen atoms in total. The minimum absolute atomic E-state index is 0.931. The number of fused-ring (bicyclic) bond motifs is 1. The third-order valence-electron chi connectivity index (χ3n) is 1.57. The first-order chi connectivity index (χ1) is 5.25. The molecule has 0 fully saturated rings. The quantitative estimate of drug-likeness (QED) is 0.589. The zero-order valence-electron chi connectivity index (χ0n) is 6.15. The Morgan fingerprint density at radius 2 is 2.27 bits per heavy atom. The Kier molecular flexibility index (Phi) is 1.39. The van der Waals surface area contributed by atoms with Crippen LogP contribution in [0, 0.1) is 6.92 Å². The molecule has 11 heavy (non-hydrogen) atoms. The van der Waals surface area contributed by atoms with Gasteiger partial charge in [0.25, 0.3) is 0 Å². The molecule has 0 aliphatic heterocycles. The lowest BCUT2D eigenvalue weighted by atomic mass is 10.4.